The van der Waals surface area contributed by atoms with Crippen molar-refractivity contribution in [2.75, 3.05) is 0 Å². The Morgan fingerprint density at radius 3 is 3.00 bits per heavy atom. The van der Waals surface area contributed by atoms with Crippen LogP contribution in [0.3, 0.4) is 0 Å². The maximum Gasteiger partial charge on any atom is 0.106 e. The molecule has 1 aromatic rings. The highest BCUT2D eigenvalue weighted by Gasteiger charge is 1.93. The van der Waals surface area contributed by atoms with Gasteiger partial charge in [-0.05, 0) is 18.9 Å². The first-order valence-electron chi connectivity index (χ1n) is 2.80. The van der Waals surface area contributed by atoms with E-state index < -0.39 is 0 Å². The Labute approximate surface area is 59.0 Å². The summed E-state index contributed by atoms with van der Waals surface area (Å²) >= 11 is 0. The lowest BCUT2D eigenvalue weighted by Gasteiger charge is -1.93. The highest BCUT2D eigenvalue weighted by Crippen LogP contribution is 2.11. The van der Waals surface area contributed by atoms with Crippen molar-refractivity contribution in [3.63, 3.8) is 0 Å². The van der Waals surface area contributed by atoms with E-state index in [1.54, 1.807) is 18.3 Å². The van der Waals surface area contributed by atoms with E-state index in [4.69, 9.17) is 5.41 Å². The Bertz CT molecular complexity index is 228. The Balaban J connectivity index is 3.20. The highest BCUT2D eigenvalue weighted by atomic mass is 14.8. The lowest BCUT2D eigenvalue weighted by atomic mass is 10.3. The van der Waals surface area contributed by atoms with E-state index in [1.807, 2.05) is 0 Å². The third kappa shape index (κ3) is 1.07. The fraction of sp³-hybridized carbons (Fsp3) is 0. The molecule has 1 rings (SSSR count). The Hall–Kier alpha value is -1.51. The van der Waals surface area contributed by atoms with Gasteiger partial charge in [-0.25, -0.2) is 0 Å². The minimum absolute atomic E-state index is 0.553. The summed E-state index contributed by atoms with van der Waals surface area (Å²) in [6.45, 7) is 3.35. The summed E-state index contributed by atoms with van der Waals surface area (Å²) in [5.41, 5.74) is 1.20. The molecule has 0 aliphatic rings. The largest absolute Gasteiger partial charge is 0.306 e. The van der Waals surface area contributed by atoms with E-state index in [-0.39, 0.29) is 0 Å². The van der Waals surface area contributed by atoms with E-state index >= 15 is 0 Å². The molecule has 1 aromatic heterocycles. The first-order chi connectivity index (χ1) is 4.88. The van der Waals surface area contributed by atoms with Gasteiger partial charge in [0.25, 0.3) is 0 Å². The number of aliphatic imine (C=N–C) groups is 1. The van der Waals surface area contributed by atoms with Crippen LogP contribution in [-0.4, -0.2) is 17.9 Å². The maximum atomic E-state index is 6.91. The zero-order valence-electron chi connectivity index (χ0n) is 5.41. The van der Waals surface area contributed by atoms with Crippen molar-refractivity contribution in [3.8, 4) is 0 Å². The van der Waals surface area contributed by atoms with Crippen molar-refractivity contribution < 1.29 is 0 Å². The van der Waals surface area contributed by atoms with Crippen LogP contribution in [0.5, 0.6) is 0 Å². The van der Waals surface area contributed by atoms with E-state index in [2.05, 4.69) is 16.7 Å². The molecule has 1 N–H and O–H groups in total. The van der Waals surface area contributed by atoms with Gasteiger partial charge >= 0.3 is 0 Å². The van der Waals surface area contributed by atoms with Gasteiger partial charge in [-0.3, -0.25) is 9.98 Å². The Kier molecular flexibility index (Phi) is 1.89. The predicted octanol–water partition coefficient (Wildman–Crippen LogP) is 1.41. The standard InChI is InChI=1S/C7H7N3/c1-9-6-3-2-4-10-7(6)5-8/h2-5,8H,1H2. The van der Waals surface area contributed by atoms with Crippen molar-refractivity contribution in [1.82, 2.24) is 4.98 Å². The first kappa shape index (κ1) is 6.61. The van der Waals surface area contributed by atoms with E-state index in [0.717, 1.165) is 6.21 Å². The molecule has 0 aliphatic heterocycles. The summed E-state index contributed by atoms with van der Waals surface area (Å²) < 4.78 is 0. The number of rotatable bonds is 2. The van der Waals surface area contributed by atoms with Gasteiger partial charge in [0.15, 0.2) is 0 Å². The zero-order valence-corrected chi connectivity index (χ0v) is 5.41. The Morgan fingerprint density at radius 2 is 2.50 bits per heavy atom. The van der Waals surface area contributed by atoms with Crippen LogP contribution in [0, 0.1) is 5.41 Å². The van der Waals surface area contributed by atoms with Crippen molar-refractivity contribution >= 4 is 18.6 Å². The number of nitrogens with one attached hydrogen (secondary N) is 1. The molecule has 0 unspecified atom stereocenters. The van der Waals surface area contributed by atoms with Crippen molar-refractivity contribution in [2.45, 2.75) is 0 Å². The van der Waals surface area contributed by atoms with Crippen LogP contribution in [0.1, 0.15) is 5.69 Å². The number of hydrogen-bond donors (Lipinski definition) is 1. The topological polar surface area (TPSA) is 49.1 Å². The third-order valence-electron chi connectivity index (χ3n) is 1.12. The van der Waals surface area contributed by atoms with Gasteiger partial charge in [0.2, 0.25) is 0 Å². The van der Waals surface area contributed by atoms with Crippen LogP contribution in [0.2, 0.25) is 0 Å². The molecule has 0 aromatic carbocycles. The van der Waals surface area contributed by atoms with Crippen LogP contribution >= 0.6 is 0 Å². The number of aromatic nitrogens is 1. The summed E-state index contributed by atoms with van der Waals surface area (Å²) in [4.78, 5) is 7.57. The summed E-state index contributed by atoms with van der Waals surface area (Å²) in [5.74, 6) is 0. The lowest BCUT2D eigenvalue weighted by Crippen LogP contribution is -1.84. The number of pyridine rings is 1. The highest BCUT2D eigenvalue weighted by molar-refractivity contribution is 5.82. The van der Waals surface area contributed by atoms with Gasteiger partial charge < -0.3 is 5.41 Å². The van der Waals surface area contributed by atoms with Crippen molar-refractivity contribution in [2.24, 2.45) is 4.99 Å². The number of hydrogen-bond acceptors (Lipinski definition) is 3. The summed E-state index contributed by atoms with van der Waals surface area (Å²) in [7, 11) is 0. The molecule has 0 amide bonds. The van der Waals surface area contributed by atoms with E-state index in [0.29, 0.717) is 11.4 Å². The van der Waals surface area contributed by atoms with Gasteiger partial charge in [-0.1, -0.05) is 0 Å². The van der Waals surface area contributed by atoms with Gasteiger partial charge in [-0.15, -0.1) is 0 Å². The molecule has 0 fully saturated rings. The van der Waals surface area contributed by atoms with Crippen LogP contribution in [0.25, 0.3) is 0 Å². The average Bonchev–Trinajstić information content (AvgIpc) is 2.04. The fourth-order valence-electron chi connectivity index (χ4n) is 0.654. The summed E-state index contributed by atoms with van der Waals surface area (Å²) in [6.07, 6.45) is 2.78. The third-order valence-corrected chi connectivity index (χ3v) is 1.12. The van der Waals surface area contributed by atoms with Crippen LogP contribution in [0.4, 0.5) is 5.69 Å². The van der Waals surface area contributed by atoms with E-state index in [1.165, 1.54) is 0 Å². The average molecular weight is 133 g/mol. The molecular weight excluding hydrogens is 126 g/mol. The van der Waals surface area contributed by atoms with Crippen LogP contribution < -0.4 is 0 Å². The van der Waals surface area contributed by atoms with Crippen LogP contribution in [-0.2, 0) is 0 Å². The Morgan fingerprint density at radius 1 is 1.70 bits per heavy atom. The lowest BCUT2D eigenvalue weighted by molar-refractivity contribution is 1.28. The smallest absolute Gasteiger partial charge is 0.106 e. The minimum atomic E-state index is 0.553. The predicted molar refractivity (Wildman–Crippen MR) is 41.3 cm³/mol. The molecule has 3 nitrogen and oxygen atoms in total. The molecule has 50 valence electrons. The maximum absolute atomic E-state index is 6.91. The van der Waals surface area contributed by atoms with E-state index in [9.17, 15) is 0 Å². The quantitative estimate of drug-likeness (QED) is 0.609. The van der Waals surface area contributed by atoms with Gasteiger partial charge in [0, 0.05) is 12.4 Å². The SMILES string of the molecule is C=Nc1cccnc1C=N. The van der Waals surface area contributed by atoms with Gasteiger partial charge in [-0.2, -0.15) is 0 Å². The molecular formula is C7H7N3. The normalized spacial score (nSPS) is 8.80. The second-order valence-corrected chi connectivity index (χ2v) is 1.71. The molecule has 0 spiro atoms. The van der Waals surface area contributed by atoms with Crippen molar-refractivity contribution in [3.05, 3.63) is 24.0 Å². The monoisotopic (exact) mass is 133 g/mol. The molecule has 0 saturated heterocycles. The van der Waals surface area contributed by atoms with Crippen molar-refractivity contribution in [1.29, 1.82) is 5.41 Å². The molecule has 10 heavy (non-hydrogen) atoms. The second-order valence-electron chi connectivity index (χ2n) is 1.71. The number of nitrogens with zero attached hydrogens (tertiary/aromatic N) is 2. The second kappa shape index (κ2) is 2.87. The molecule has 0 atom stereocenters. The molecule has 0 radical (unpaired) electrons. The van der Waals surface area contributed by atoms with Crippen LogP contribution in [0.15, 0.2) is 23.3 Å². The summed E-state index contributed by atoms with van der Waals surface area (Å²) in [6, 6.07) is 3.53. The van der Waals surface area contributed by atoms with Gasteiger partial charge in [0.1, 0.15) is 5.69 Å². The molecule has 3 heteroatoms. The van der Waals surface area contributed by atoms with Gasteiger partial charge in [0.05, 0.1) is 5.69 Å². The minimum Gasteiger partial charge on any atom is -0.306 e. The zero-order chi connectivity index (χ0) is 7.40. The summed E-state index contributed by atoms with van der Waals surface area (Å²) in [5, 5.41) is 6.91. The molecule has 0 saturated carbocycles. The molecule has 0 aliphatic carbocycles. The molecule has 0 bridgehead atoms. The fourth-order valence-corrected chi connectivity index (χ4v) is 0.654. The molecule has 1 heterocycles. The first-order valence-corrected chi connectivity index (χ1v) is 2.80.